The summed E-state index contributed by atoms with van der Waals surface area (Å²) in [5.41, 5.74) is 6.02. The Kier molecular flexibility index (Phi) is 3.26. The van der Waals surface area contributed by atoms with Crippen molar-refractivity contribution in [3.8, 4) is 0 Å². The topological polar surface area (TPSA) is 26.0 Å². The Labute approximate surface area is 75.1 Å². The highest BCUT2D eigenvalue weighted by Gasteiger charge is 2.33. The molecular weight excluding hydrogens is 154 g/mol. The zero-order valence-electron chi connectivity index (χ0n) is 7.34. The molecule has 0 aliphatic heterocycles. The fraction of sp³-hybridized carbons (Fsp3) is 1.00. The Hall–Kier alpha value is 0.310. The number of hydrogen-bond donors (Lipinski definition) is 2. The summed E-state index contributed by atoms with van der Waals surface area (Å²) in [5.74, 6) is 0. The van der Waals surface area contributed by atoms with Gasteiger partial charge < -0.3 is 5.73 Å². The molecule has 0 aromatic carbocycles. The summed E-state index contributed by atoms with van der Waals surface area (Å²) in [6.07, 6.45) is 7.38. The molecule has 0 aromatic rings. The molecule has 1 aliphatic carbocycles. The normalized spacial score (nSPS) is 39.0. The van der Waals surface area contributed by atoms with Crippen molar-refractivity contribution in [1.29, 1.82) is 0 Å². The van der Waals surface area contributed by atoms with Crippen molar-refractivity contribution in [2.24, 2.45) is 5.73 Å². The SMILES string of the molecule is CCCC1(S)CCCCC1N. The molecule has 2 heteroatoms. The maximum Gasteiger partial charge on any atom is 0.0280 e. The van der Waals surface area contributed by atoms with Crippen molar-refractivity contribution < 1.29 is 0 Å². The largest absolute Gasteiger partial charge is 0.326 e. The summed E-state index contributed by atoms with van der Waals surface area (Å²) < 4.78 is 0.160. The molecule has 0 saturated heterocycles. The molecule has 66 valence electrons. The van der Waals surface area contributed by atoms with Gasteiger partial charge in [0.05, 0.1) is 0 Å². The molecule has 1 rings (SSSR count). The summed E-state index contributed by atoms with van der Waals surface area (Å²) in [4.78, 5) is 0. The zero-order chi connectivity index (χ0) is 8.32. The highest BCUT2D eigenvalue weighted by Crippen LogP contribution is 2.36. The highest BCUT2D eigenvalue weighted by atomic mass is 32.1. The van der Waals surface area contributed by atoms with Crippen LogP contribution in [0.15, 0.2) is 0 Å². The van der Waals surface area contributed by atoms with E-state index >= 15 is 0 Å². The molecule has 2 unspecified atom stereocenters. The average molecular weight is 173 g/mol. The number of thiol groups is 1. The predicted molar refractivity (Wildman–Crippen MR) is 53.1 cm³/mol. The molecule has 0 radical (unpaired) electrons. The molecule has 1 nitrogen and oxygen atoms in total. The van der Waals surface area contributed by atoms with E-state index in [1.165, 1.54) is 38.5 Å². The minimum atomic E-state index is 0.160. The lowest BCUT2D eigenvalue weighted by Crippen LogP contribution is -2.45. The second kappa shape index (κ2) is 3.81. The molecule has 2 N–H and O–H groups in total. The second-order valence-corrected chi connectivity index (χ2v) is 4.60. The van der Waals surface area contributed by atoms with Crippen molar-refractivity contribution in [3.63, 3.8) is 0 Å². The van der Waals surface area contributed by atoms with E-state index in [0.717, 1.165) is 0 Å². The Balaban J connectivity index is 2.49. The standard InChI is InChI=1S/C9H19NS/c1-2-6-9(11)7-4-3-5-8(9)10/h8,11H,2-7,10H2,1H3. The quantitative estimate of drug-likeness (QED) is 0.616. The number of rotatable bonds is 2. The van der Waals surface area contributed by atoms with Gasteiger partial charge >= 0.3 is 0 Å². The summed E-state index contributed by atoms with van der Waals surface area (Å²) >= 11 is 4.70. The highest BCUT2D eigenvalue weighted by molar-refractivity contribution is 7.81. The Morgan fingerprint density at radius 1 is 1.55 bits per heavy atom. The van der Waals surface area contributed by atoms with Gasteiger partial charge in [0.1, 0.15) is 0 Å². The molecule has 0 aromatic heterocycles. The summed E-state index contributed by atoms with van der Waals surface area (Å²) in [6, 6.07) is 0.333. The van der Waals surface area contributed by atoms with Crippen LogP contribution in [0, 0.1) is 0 Å². The van der Waals surface area contributed by atoms with Crippen molar-refractivity contribution in [1.82, 2.24) is 0 Å². The van der Waals surface area contributed by atoms with Crippen LogP contribution in [0.2, 0.25) is 0 Å². The van der Waals surface area contributed by atoms with E-state index in [4.69, 9.17) is 18.4 Å². The zero-order valence-corrected chi connectivity index (χ0v) is 8.24. The van der Waals surface area contributed by atoms with E-state index in [1.54, 1.807) is 0 Å². The molecule has 2 atom stereocenters. The van der Waals surface area contributed by atoms with Crippen molar-refractivity contribution >= 4 is 12.6 Å². The fourth-order valence-corrected chi connectivity index (χ4v) is 2.50. The van der Waals surface area contributed by atoms with E-state index < -0.39 is 0 Å². The lowest BCUT2D eigenvalue weighted by Gasteiger charge is -2.38. The van der Waals surface area contributed by atoms with Crippen LogP contribution in [0.1, 0.15) is 45.4 Å². The van der Waals surface area contributed by atoms with Gasteiger partial charge in [0.25, 0.3) is 0 Å². The summed E-state index contributed by atoms with van der Waals surface area (Å²) in [7, 11) is 0. The second-order valence-electron chi connectivity index (χ2n) is 3.71. The van der Waals surface area contributed by atoms with Gasteiger partial charge in [-0.05, 0) is 19.3 Å². The van der Waals surface area contributed by atoms with E-state index in [-0.39, 0.29) is 4.75 Å². The van der Waals surface area contributed by atoms with E-state index in [0.29, 0.717) is 6.04 Å². The molecule has 11 heavy (non-hydrogen) atoms. The first-order valence-corrected chi connectivity index (χ1v) is 5.12. The van der Waals surface area contributed by atoms with E-state index in [1.807, 2.05) is 0 Å². The van der Waals surface area contributed by atoms with Gasteiger partial charge in [-0.25, -0.2) is 0 Å². The van der Waals surface area contributed by atoms with Crippen LogP contribution < -0.4 is 5.73 Å². The maximum absolute atomic E-state index is 6.02. The van der Waals surface area contributed by atoms with Crippen LogP contribution in [0.5, 0.6) is 0 Å². The Bertz CT molecular complexity index is 123. The molecule has 1 saturated carbocycles. The number of nitrogens with two attached hydrogens (primary N) is 1. The first-order valence-electron chi connectivity index (χ1n) is 4.67. The minimum absolute atomic E-state index is 0.160. The number of hydrogen-bond acceptors (Lipinski definition) is 2. The third-order valence-electron chi connectivity index (χ3n) is 2.75. The van der Waals surface area contributed by atoms with Crippen LogP contribution >= 0.6 is 12.6 Å². The molecule has 1 fully saturated rings. The average Bonchev–Trinajstić information content (AvgIpc) is 1.96. The van der Waals surface area contributed by atoms with Crippen LogP contribution in [0.25, 0.3) is 0 Å². The Morgan fingerprint density at radius 3 is 2.82 bits per heavy atom. The van der Waals surface area contributed by atoms with Crippen LogP contribution in [0.3, 0.4) is 0 Å². The summed E-state index contributed by atoms with van der Waals surface area (Å²) in [5, 5.41) is 0. The van der Waals surface area contributed by atoms with Crippen LogP contribution in [0.4, 0.5) is 0 Å². The maximum atomic E-state index is 6.02. The van der Waals surface area contributed by atoms with Gasteiger partial charge in [-0.1, -0.05) is 26.2 Å². The van der Waals surface area contributed by atoms with Gasteiger partial charge in [0, 0.05) is 10.8 Å². The molecule has 0 spiro atoms. The molecule has 0 heterocycles. The lowest BCUT2D eigenvalue weighted by atomic mass is 9.81. The van der Waals surface area contributed by atoms with Gasteiger partial charge in [-0.3, -0.25) is 0 Å². The molecular formula is C9H19NS. The van der Waals surface area contributed by atoms with Gasteiger partial charge in [0.15, 0.2) is 0 Å². The first kappa shape index (κ1) is 9.40. The summed E-state index contributed by atoms with van der Waals surface area (Å²) in [6.45, 7) is 2.21. The first-order chi connectivity index (χ1) is 5.19. The monoisotopic (exact) mass is 173 g/mol. The van der Waals surface area contributed by atoms with Crippen molar-refractivity contribution in [2.45, 2.75) is 56.2 Å². The van der Waals surface area contributed by atoms with Crippen molar-refractivity contribution in [3.05, 3.63) is 0 Å². The molecule has 1 aliphatic rings. The van der Waals surface area contributed by atoms with Crippen LogP contribution in [-0.4, -0.2) is 10.8 Å². The van der Waals surface area contributed by atoms with Gasteiger partial charge in [-0.2, -0.15) is 12.6 Å². The third-order valence-corrected chi connectivity index (χ3v) is 3.53. The van der Waals surface area contributed by atoms with Gasteiger partial charge in [0.2, 0.25) is 0 Å². The predicted octanol–water partition coefficient (Wildman–Crippen LogP) is 2.36. The minimum Gasteiger partial charge on any atom is -0.326 e. The van der Waals surface area contributed by atoms with Crippen LogP contribution in [-0.2, 0) is 0 Å². The van der Waals surface area contributed by atoms with E-state index in [9.17, 15) is 0 Å². The fourth-order valence-electron chi connectivity index (χ4n) is 1.99. The van der Waals surface area contributed by atoms with E-state index in [2.05, 4.69) is 6.92 Å². The third kappa shape index (κ3) is 2.12. The van der Waals surface area contributed by atoms with Gasteiger partial charge in [-0.15, -0.1) is 0 Å². The Morgan fingerprint density at radius 2 is 2.27 bits per heavy atom. The lowest BCUT2D eigenvalue weighted by molar-refractivity contribution is 0.329. The van der Waals surface area contributed by atoms with Crippen molar-refractivity contribution in [2.75, 3.05) is 0 Å². The molecule has 0 bridgehead atoms. The smallest absolute Gasteiger partial charge is 0.0280 e. The molecule has 0 amide bonds.